The van der Waals surface area contributed by atoms with Crippen LogP contribution in [0.2, 0.25) is 0 Å². The lowest BCUT2D eigenvalue weighted by molar-refractivity contribution is -0.111. The van der Waals surface area contributed by atoms with Crippen LogP contribution in [0.4, 0.5) is 11.4 Å². The van der Waals surface area contributed by atoms with Crippen LogP contribution in [0.3, 0.4) is 0 Å². The summed E-state index contributed by atoms with van der Waals surface area (Å²) in [6.07, 6.45) is 5.77. The van der Waals surface area contributed by atoms with Crippen LogP contribution < -0.4 is 9.80 Å². The summed E-state index contributed by atoms with van der Waals surface area (Å²) >= 11 is 0. The number of aryl methyl sites for hydroxylation is 2. The number of rotatable bonds is 4. The molecular formula is C25H30N2O. The van der Waals surface area contributed by atoms with E-state index in [1.807, 2.05) is 28.2 Å². The number of benzene rings is 2. The number of Topliss-reactive ketones (excluding diaryl/α,β-unsaturated/α-hetero) is 1. The number of allylic oxidation sites excluding steroid dienone is 2. The summed E-state index contributed by atoms with van der Waals surface area (Å²) in [5.74, 6) is 0.187. The van der Waals surface area contributed by atoms with Gasteiger partial charge in [-0.25, -0.2) is 0 Å². The smallest absolute Gasteiger partial charge is 0.185 e. The van der Waals surface area contributed by atoms with Crippen LogP contribution in [0.5, 0.6) is 0 Å². The van der Waals surface area contributed by atoms with Crippen molar-refractivity contribution >= 4 is 29.3 Å². The minimum Gasteiger partial charge on any atom is -0.378 e. The largest absolute Gasteiger partial charge is 0.378 e. The van der Waals surface area contributed by atoms with E-state index in [1.54, 1.807) is 0 Å². The van der Waals surface area contributed by atoms with Crippen molar-refractivity contribution in [1.82, 2.24) is 0 Å². The molecule has 0 unspecified atom stereocenters. The first-order chi connectivity index (χ1) is 13.3. The van der Waals surface area contributed by atoms with Crippen molar-refractivity contribution in [1.29, 1.82) is 0 Å². The Balaban J connectivity index is 1.85. The van der Waals surface area contributed by atoms with Crippen molar-refractivity contribution in [3.05, 3.63) is 69.8 Å². The van der Waals surface area contributed by atoms with Gasteiger partial charge in [0.15, 0.2) is 5.78 Å². The molecule has 3 nitrogen and oxygen atoms in total. The van der Waals surface area contributed by atoms with Crippen LogP contribution in [0, 0.1) is 13.8 Å². The molecule has 1 fully saturated rings. The third kappa shape index (κ3) is 4.19. The molecule has 0 N–H and O–H groups in total. The number of ketones is 1. The van der Waals surface area contributed by atoms with Crippen LogP contribution in [0.15, 0.2) is 47.5 Å². The van der Waals surface area contributed by atoms with Gasteiger partial charge in [-0.3, -0.25) is 4.79 Å². The van der Waals surface area contributed by atoms with Gasteiger partial charge in [-0.15, -0.1) is 0 Å². The van der Waals surface area contributed by atoms with Crippen molar-refractivity contribution in [3.63, 3.8) is 0 Å². The predicted octanol–water partition coefficient (Wildman–Crippen LogP) is 5.27. The Hall–Kier alpha value is -2.81. The van der Waals surface area contributed by atoms with E-state index in [4.69, 9.17) is 0 Å². The lowest BCUT2D eigenvalue weighted by Crippen LogP contribution is -2.08. The topological polar surface area (TPSA) is 23.6 Å². The van der Waals surface area contributed by atoms with Gasteiger partial charge in [-0.05, 0) is 85.4 Å². The summed E-state index contributed by atoms with van der Waals surface area (Å²) < 4.78 is 0. The van der Waals surface area contributed by atoms with Gasteiger partial charge in [-0.2, -0.15) is 0 Å². The monoisotopic (exact) mass is 374 g/mol. The fourth-order valence-electron chi connectivity index (χ4n) is 3.55. The van der Waals surface area contributed by atoms with Crippen molar-refractivity contribution in [2.45, 2.75) is 26.7 Å². The fourth-order valence-corrected chi connectivity index (χ4v) is 3.55. The Morgan fingerprint density at radius 3 is 1.43 bits per heavy atom. The maximum absolute atomic E-state index is 12.9. The van der Waals surface area contributed by atoms with Crippen molar-refractivity contribution in [2.24, 2.45) is 0 Å². The highest BCUT2D eigenvalue weighted by Crippen LogP contribution is 2.31. The number of carbonyl (C=O) groups is 1. The minimum atomic E-state index is 0.187. The Kier molecular flexibility index (Phi) is 5.73. The van der Waals surface area contributed by atoms with E-state index < -0.39 is 0 Å². The summed E-state index contributed by atoms with van der Waals surface area (Å²) in [4.78, 5) is 17.1. The van der Waals surface area contributed by atoms with Gasteiger partial charge in [0, 0.05) is 50.7 Å². The first-order valence-electron chi connectivity index (χ1n) is 9.78. The Bertz CT molecular complexity index is 887. The van der Waals surface area contributed by atoms with Crippen LogP contribution in [0.25, 0.3) is 12.2 Å². The van der Waals surface area contributed by atoms with Gasteiger partial charge >= 0.3 is 0 Å². The van der Waals surface area contributed by atoms with E-state index in [1.165, 1.54) is 22.5 Å². The molecular weight excluding hydrogens is 344 g/mol. The van der Waals surface area contributed by atoms with Crippen LogP contribution in [-0.4, -0.2) is 34.0 Å². The maximum atomic E-state index is 12.9. The van der Waals surface area contributed by atoms with E-state index in [2.05, 4.69) is 72.2 Å². The molecule has 0 radical (unpaired) electrons. The molecule has 3 heteroatoms. The van der Waals surface area contributed by atoms with E-state index in [9.17, 15) is 4.79 Å². The molecule has 146 valence electrons. The quantitative estimate of drug-likeness (QED) is 0.682. The third-order valence-electron chi connectivity index (χ3n) is 5.45. The molecule has 0 saturated heterocycles. The predicted molar refractivity (Wildman–Crippen MR) is 121 cm³/mol. The number of carbonyl (C=O) groups excluding carboxylic acids is 1. The molecule has 2 aromatic carbocycles. The van der Waals surface area contributed by atoms with E-state index in [0.29, 0.717) is 0 Å². The van der Waals surface area contributed by atoms with Crippen molar-refractivity contribution < 1.29 is 4.79 Å². The molecule has 1 aliphatic rings. The normalized spacial score (nSPS) is 16.9. The molecule has 0 amide bonds. The second-order valence-electron chi connectivity index (χ2n) is 8.04. The van der Waals surface area contributed by atoms with Gasteiger partial charge in [0.25, 0.3) is 0 Å². The maximum Gasteiger partial charge on any atom is 0.185 e. The molecule has 2 aromatic rings. The molecule has 1 aliphatic carbocycles. The lowest BCUT2D eigenvalue weighted by Gasteiger charge is -2.14. The third-order valence-corrected chi connectivity index (χ3v) is 5.45. The highest BCUT2D eigenvalue weighted by atomic mass is 16.1. The number of hydrogen-bond donors (Lipinski definition) is 0. The summed E-state index contributed by atoms with van der Waals surface area (Å²) in [7, 11) is 8.16. The van der Waals surface area contributed by atoms with Crippen molar-refractivity contribution in [3.8, 4) is 0 Å². The highest BCUT2D eigenvalue weighted by molar-refractivity contribution is 6.15. The van der Waals surface area contributed by atoms with Crippen LogP contribution >= 0.6 is 0 Å². The highest BCUT2D eigenvalue weighted by Gasteiger charge is 2.23. The average Bonchev–Trinajstić information content (AvgIpc) is 2.98. The van der Waals surface area contributed by atoms with Crippen molar-refractivity contribution in [2.75, 3.05) is 38.0 Å². The molecule has 0 spiro atoms. The van der Waals surface area contributed by atoms with Gasteiger partial charge in [0.2, 0.25) is 0 Å². The number of hydrogen-bond acceptors (Lipinski definition) is 3. The fraction of sp³-hybridized carbons (Fsp3) is 0.320. The second kappa shape index (κ2) is 8.05. The Morgan fingerprint density at radius 2 is 1.11 bits per heavy atom. The summed E-state index contributed by atoms with van der Waals surface area (Å²) in [5.41, 5.74) is 8.81. The SMILES string of the molecule is Cc1cc(N(C)C)ccc1C=C1CCC(=Cc2ccc(N(C)C)cc2C)C1=O. The summed E-state index contributed by atoms with van der Waals surface area (Å²) in [6, 6.07) is 12.8. The van der Waals surface area contributed by atoms with E-state index in [0.717, 1.165) is 35.1 Å². The van der Waals surface area contributed by atoms with Crippen LogP contribution in [0.1, 0.15) is 35.1 Å². The first kappa shape index (κ1) is 19.9. The average molecular weight is 375 g/mol. The molecule has 0 heterocycles. The van der Waals surface area contributed by atoms with Gasteiger partial charge in [0.1, 0.15) is 0 Å². The number of anilines is 2. The van der Waals surface area contributed by atoms with Crippen LogP contribution in [-0.2, 0) is 4.79 Å². The van der Waals surface area contributed by atoms with Gasteiger partial charge in [-0.1, -0.05) is 12.1 Å². The van der Waals surface area contributed by atoms with E-state index >= 15 is 0 Å². The molecule has 0 aliphatic heterocycles. The Morgan fingerprint density at radius 1 is 0.714 bits per heavy atom. The lowest BCUT2D eigenvalue weighted by atomic mass is 10.0. The van der Waals surface area contributed by atoms with E-state index in [-0.39, 0.29) is 5.78 Å². The minimum absolute atomic E-state index is 0.187. The molecule has 1 saturated carbocycles. The first-order valence-corrected chi connectivity index (χ1v) is 9.78. The number of nitrogens with zero attached hydrogens (tertiary/aromatic N) is 2. The molecule has 0 bridgehead atoms. The molecule has 0 atom stereocenters. The van der Waals surface area contributed by atoms with Gasteiger partial charge < -0.3 is 9.80 Å². The zero-order chi connectivity index (χ0) is 20.4. The molecule has 28 heavy (non-hydrogen) atoms. The molecule has 0 aromatic heterocycles. The summed E-state index contributed by atoms with van der Waals surface area (Å²) in [5, 5.41) is 0. The molecule has 3 rings (SSSR count). The Labute approximate surface area is 169 Å². The second-order valence-corrected chi connectivity index (χ2v) is 8.04. The van der Waals surface area contributed by atoms with Gasteiger partial charge in [0.05, 0.1) is 0 Å². The standard InChI is InChI=1S/C25H30N2O/c1-17-13-23(26(3)4)11-9-19(17)15-21-7-8-22(25(21)28)16-20-10-12-24(27(5)6)14-18(20)2/h9-16H,7-8H2,1-6H3. The zero-order valence-electron chi connectivity index (χ0n) is 17.8. The summed E-state index contributed by atoms with van der Waals surface area (Å²) in [6.45, 7) is 4.20. The zero-order valence-corrected chi connectivity index (χ0v) is 17.8.